The summed E-state index contributed by atoms with van der Waals surface area (Å²) in [6, 6.07) is 3.18. The van der Waals surface area contributed by atoms with E-state index in [0.717, 1.165) is 27.3 Å². The Balaban J connectivity index is 1.62. The molecule has 1 aliphatic heterocycles. The molecule has 3 heterocycles. The maximum Gasteiger partial charge on any atom is 0.339 e. The number of amides is 1. The largest absolute Gasteiger partial charge is 0.464 e. The van der Waals surface area contributed by atoms with Crippen LogP contribution in [0, 0.1) is 6.92 Å². The van der Waals surface area contributed by atoms with Crippen molar-refractivity contribution in [3.8, 4) is 0 Å². The van der Waals surface area contributed by atoms with Crippen LogP contribution in [0.1, 0.15) is 43.9 Å². The minimum atomic E-state index is -3.24. The minimum Gasteiger partial charge on any atom is -0.464 e. The Morgan fingerprint density at radius 1 is 1.19 bits per heavy atom. The van der Waals surface area contributed by atoms with Crippen LogP contribution in [-0.4, -0.2) is 26.1 Å². The summed E-state index contributed by atoms with van der Waals surface area (Å²) in [5, 5.41) is 5.56. The molecule has 0 spiro atoms. The van der Waals surface area contributed by atoms with E-state index in [0.29, 0.717) is 16.7 Å². The number of nitrogens with one attached hydrogen (secondary N) is 1. The van der Waals surface area contributed by atoms with E-state index < -0.39 is 21.5 Å². The quantitative estimate of drug-likeness (QED) is 0.619. The van der Waals surface area contributed by atoms with Gasteiger partial charge in [0.05, 0.1) is 18.1 Å². The molecule has 1 aliphatic rings. The molecule has 2 aromatic heterocycles. The van der Waals surface area contributed by atoms with Gasteiger partial charge in [0.25, 0.3) is 0 Å². The first-order valence-corrected chi connectivity index (χ1v) is 11.8. The normalized spacial score (nSPS) is 18.1. The lowest BCUT2D eigenvalue weighted by atomic mass is 9.86. The predicted molar refractivity (Wildman–Crippen MR) is 119 cm³/mol. The van der Waals surface area contributed by atoms with Crippen molar-refractivity contribution in [2.45, 2.75) is 52.0 Å². The number of sulfone groups is 1. The van der Waals surface area contributed by atoms with Crippen molar-refractivity contribution in [2.75, 3.05) is 5.75 Å². The van der Waals surface area contributed by atoms with Crippen LogP contribution in [0.25, 0.3) is 21.9 Å². The molecule has 0 saturated heterocycles. The smallest absolute Gasteiger partial charge is 0.339 e. The topological polar surface area (TPSA) is 107 Å². The van der Waals surface area contributed by atoms with Crippen molar-refractivity contribution in [3.63, 3.8) is 0 Å². The third-order valence-corrected chi connectivity index (χ3v) is 7.06. The summed E-state index contributed by atoms with van der Waals surface area (Å²) in [6.07, 6.45) is 3.46. The Morgan fingerprint density at radius 3 is 2.58 bits per heavy atom. The number of aryl methyl sites for hydroxylation is 1. The van der Waals surface area contributed by atoms with E-state index in [-0.39, 0.29) is 29.9 Å². The fourth-order valence-electron chi connectivity index (χ4n) is 3.96. The van der Waals surface area contributed by atoms with Gasteiger partial charge < -0.3 is 14.2 Å². The maximum absolute atomic E-state index is 12.6. The van der Waals surface area contributed by atoms with Crippen LogP contribution in [0.3, 0.4) is 0 Å². The molecule has 1 amide bonds. The Labute approximate surface area is 180 Å². The van der Waals surface area contributed by atoms with Gasteiger partial charge in [0.2, 0.25) is 5.91 Å². The predicted octanol–water partition coefficient (Wildman–Crippen LogP) is 3.50. The summed E-state index contributed by atoms with van der Waals surface area (Å²) >= 11 is 0. The summed E-state index contributed by atoms with van der Waals surface area (Å²) in [5.74, 6) is -0.446. The number of rotatable bonds is 4. The summed E-state index contributed by atoms with van der Waals surface area (Å²) in [4.78, 5) is 24.9. The first kappa shape index (κ1) is 21.4. The molecule has 0 fully saturated rings. The molecule has 0 unspecified atom stereocenters. The number of carbonyl (C=O) groups is 1. The van der Waals surface area contributed by atoms with Crippen molar-refractivity contribution >= 4 is 37.7 Å². The van der Waals surface area contributed by atoms with E-state index in [4.69, 9.17) is 8.83 Å². The molecule has 1 aromatic carbocycles. The average Bonchev–Trinajstić information content (AvgIpc) is 3.22. The minimum absolute atomic E-state index is 0.0582. The van der Waals surface area contributed by atoms with Crippen LogP contribution in [-0.2, 0) is 26.5 Å². The van der Waals surface area contributed by atoms with Crippen LogP contribution < -0.4 is 10.9 Å². The fraction of sp³-hybridized carbons (Fsp3) is 0.391. The second-order valence-electron chi connectivity index (χ2n) is 9.07. The van der Waals surface area contributed by atoms with Crippen molar-refractivity contribution in [3.05, 3.63) is 57.0 Å². The molecule has 1 atom stereocenters. The van der Waals surface area contributed by atoms with Crippen molar-refractivity contribution in [1.82, 2.24) is 5.32 Å². The highest BCUT2D eigenvalue weighted by atomic mass is 32.2. The molecule has 0 saturated carbocycles. The summed E-state index contributed by atoms with van der Waals surface area (Å²) < 4.78 is 34.2. The van der Waals surface area contributed by atoms with E-state index >= 15 is 0 Å². The number of hydrogen-bond donors (Lipinski definition) is 1. The molecule has 7 nitrogen and oxygen atoms in total. The average molecular weight is 444 g/mol. The van der Waals surface area contributed by atoms with E-state index in [9.17, 15) is 18.0 Å². The Kier molecular flexibility index (Phi) is 5.08. The zero-order valence-electron chi connectivity index (χ0n) is 17.9. The van der Waals surface area contributed by atoms with Gasteiger partial charge in [0, 0.05) is 39.8 Å². The van der Waals surface area contributed by atoms with Gasteiger partial charge in [-0.2, -0.15) is 0 Å². The third kappa shape index (κ3) is 4.17. The second-order valence-corrected chi connectivity index (χ2v) is 11.0. The third-order valence-electron chi connectivity index (χ3n) is 5.67. The molecule has 0 bridgehead atoms. The summed E-state index contributed by atoms with van der Waals surface area (Å²) in [7, 11) is -3.24. The first-order valence-electron chi connectivity index (χ1n) is 10.1. The van der Waals surface area contributed by atoms with Crippen LogP contribution in [0.15, 0.2) is 43.5 Å². The highest BCUT2D eigenvalue weighted by Gasteiger charge is 2.24. The number of furan rings is 1. The molecule has 4 rings (SSSR count). The number of hydrogen-bond acceptors (Lipinski definition) is 6. The fourth-order valence-corrected chi connectivity index (χ4v) is 5.20. The van der Waals surface area contributed by atoms with Gasteiger partial charge in [-0.1, -0.05) is 20.8 Å². The van der Waals surface area contributed by atoms with E-state index in [1.807, 2.05) is 13.0 Å². The maximum atomic E-state index is 12.6. The van der Waals surface area contributed by atoms with Gasteiger partial charge >= 0.3 is 5.63 Å². The molecule has 31 heavy (non-hydrogen) atoms. The zero-order chi connectivity index (χ0) is 22.6. The van der Waals surface area contributed by atoms with Gasteiger partial charge in [-0.05, 0) is 36.5 Å². The first-order chi connectivity index (χ1) is 14.4. The number of benzene rings is 1. The molecule has 3 aromatic rings. The lowest BCUT2D eigenvalue weighted by molar-refractivity contribution is -0.121. The van der Waals surface area contributed by atoms with Crippen molar-refractivity contribution < 1.29 is 22.0 Å². The monoisotopic (exact) mass is 443 g/mol. The van der Waals surface area contributed by atoms with Gasteiger partial charge in [0.15, 0.2) is 9.84 Å². The SMILES string of the molecule is Cc1c(CCC(=O)N[C@@H]2C=CS(=O)(=O)C2)c(=O)oc2cc3occ(C(C)(C)C)c3cc12. The Morgan fingerprint density at radius 2 is 1.94 bits per heavy atom. The summed E-state index contributed by atoms with van der Waals surface area (Å²) in [5.41, 5.74) is 2.79. The Bertz CT molecular complexity index is 1390. The Hall–Kier alpha value is -2.87. The van der Waals surface area contributed by atoms with Crippen molar-refractivity contribution in [1.29, 1.82) is 0 Å². The van der Waals surface area contributed by atoms with E-state index in [1.165, 1.54) is 6.08 Å². The molecule has 0 radical (unpaired) electrons. The van der Waals surface area contributed by atoms with Gasteiger partial charge in [-0.15, -0.1) is 0 Å². The van der Waals surface area contributed by atoms with Crippen LogP contribution >= 0.6 is 0 Å². The lowest BCUT2D eigenvalue weighted by Gasteiger charge is -2.16. The molecule has 8 heteroatoms. The highest BCUT2D eigenvalue weighted by molar-refractivity contribution is 7.94. The highest BCUT2D eigenvalue weighted by Crippen LogP contribution is 2.35. The van der Waals surface area contributed by atoms with E-state index in [1.54, 1.807) is 12.3 Å². The lowest BCUT2D eigenvalue weighted by Crippen LogP contribution is -2.35. The second kappa shape index (κ2) is 7.37. The van der Waals surface area contributed by atoms with Crippen LogP contribution in [0.5, 0.6) is 0 Å². The van der Waals surface area contributed by atoms with Gasteiger partial charge in [-0.25, -0.2) is 13.2 Å². The molecule has 164 valence electrons. The molecule has 1 N–H and O–H groups in total. The zero-order valence-corrected chi connectivity index (χ0v) is 18.8. The number of fused-ring (bicyclic) bond motifs is 2. The van der Waals surface area contributed by atoms with E-state index in [2.05, 4.69) is 26.1 Å². The molecule has 0 aliphatic carbocycles. The van der Waals surface area contributed by atoms with Crippen LogP contribution in [0.2, 0.25) is 0 Å². The standard InChI is InChI=1S/C23H25NO6S/c1-13-15(5-6-21(25)24-14-7-8-31(27,28)12-14)22(26)30-20-10-19-17(9-16(13)20)18(11-29-19)23(2,3)4/h7-11,14H,5-6,12H2,1-4H3,(H,24,25)/t14-/m1/s1. The van der Waals surface area contributed by atoms with Gasteiger partial charge in [0.1, 0.15) is 11.2 Å². The van der Waals surface area contributed by atoms with Crippen LogP contribution in [0.4, 0.5) is 0 Å². The molecular formula is C23H25NO6S. The van der Waals surface area contributed by atoms with Crippen molar-refractivity contribution in [2.24, 2.45) is 0 Å². The summed E-state index contributed by atoms with van der Waals surface area (Å²) in [6.45, 7) is 8.16. The molecular weight excluding hydrogens is 418 g/mol. The number of carbonyl (C=O) groups excluding carboxylic acids is 1. The van der Waals surface area contributed by atoms with Gasteiger partial charge in [-0.3, -0.25) is 4.79 Å².